The van der Waals surface area contributed by atoms with Crippen LogP contribution in [-0.4, -0.2) is 36.4 Å². The summed E-state index contributed by atoms with van der Waals surface area (Å²) in [7, 11) is 1.61. The fourth-order valence-electron chi connectivity index (χ4n) is 2.49. The molecule has 0 bridgehead atoms. The summed E-state index contributed by atoms with van der Waals surface area (Å²) in [6.45, 7) is 0.987. The third-order valence-electron chi connectivity index (χ3n) is 3.95. The van der Waals surface area contributed by atoms with Crippen LogP contribution in [0.5, 0.6) is 11.5 Å². The van der Waals surface area contributed by atoms with E-state index in [-0.39, 0.29) is 18.1 Å². The van der Waals surface area contributed by atoms with Crippen molar-refractivity contribution < 1.29 is 18.7 Å². The van der Waals surface area contributed by atoms with Crippen molar-refractivity contribution in [1.82, 2.24) is 10.2 Å². The van der Waals surface area contributed by atoms with Gasteiger partial charge in [0.15, 0.2) is 5.82 Å². The van der Waals surface area contributed by atoms with Crippen molar-refractivity contribution >= 4 is 17.5 Å². The third kappa shape index (κ3) is 6.46. The summed E-state index contributed by atoms with van der Waals surface area (Å²) in [5, 5.41) is 13.7. The average molecular weight is 396 g/mol. The van der Waals surface area contributed by atoms with E-state index in [1.165, 1.54) is 12.1 Å². The van der Waals surface area contributed by atoms with Gasteiger partial charge in [0.25, 0.3) is 0 Å². The average Bonchev–Trinajstić information content (AvgIpc) is 2.74. The Hall–Kier alpha value is -3.68. The third-order valence-corrected chi connectivity index (χ3v) is 3.95. The number of ether oxygens (including phenoxy) is 2. The largest absolute Gasteiger partial charge is 0.497 e. The minimum atomic E-state index is -0.336. The van der Waals surface area contributed by atoms with E-state index in [0.29, 0.717) is 30.4 Å². The van der Waals surface area contributed by atoms with E-state index in [1.807, 2.05) is 24.3 Å². The second-order valence-electron chi connectivity index (χ2n) is 6.11. The molecular weight excluding hydrogens is 375 g/mol. The maximum atomic E-state index is 12.9. The summed E-state index contributed by atoms with van der Waals surface area (Å²) in [5.74, 6) is 1.85. The molecule has 2 N–H and O–H groups in total. The zero-order valence-corrected chi connectivity index (χ0v) is 15.9. The van der Waals surface area contributed by atoms with E-state index in [0.717, 1.165) is 11.5 Å². The number of benzene rings is 2. The Balaban J connectivity index is 1.40. The first kappa shape index (κ1) is 20.1. The van der Waals surface area contributed by atoms with Crippen LogP contribution >= 0.6 is 0 Å². The molecule has 1 heterocycles. The van der Waals surface area contributed by atoms with Gasteiger partial charge in [0, 0.05) is 0 Å². The molecule has 3 aromatic rings. The van der Waals surface area contributed by atoms with Gasteiger partial charge in [-0.05, 0) is 54.1 Å². The van der Waals surface area contributed by atoms with E-state index in [4.69, 9.17) is 9.47 Å². The minimum Gasteiger partial charge on any atom is -0.497 e. The fourth-order valence-corrected chi connectivity index (χ4v) is 2.49. The first-order valence-electron chi connectivity index (χ1n) is 9.01. The standard InChI is InChI=1S/C21H21FN4O3/c1-28-17-6-8-18(9-7-17)29-13-12-23-19-10-11-20(26-25-19)24-21(27)14-15-2-4-16(22)5-3-15/h2-11H,12-14H2,1H3,(H,23,25)(H,24,26,27). The summed E-state index contributed by atoms with van der Waals surface area (Å²) in [4.78, 5) is 12.0. The van der Waals surface area contributed by atoms with Gasteiger partial charge >= 0.3 is 0 Å². The zero-order valence-electron chi connectivity index (χ0n) is 15.9. The molecule has 29 heavy (non-hydrogen) atoms. The molecular formula is C21H21FN4O3. The van der Waals surface area contributed by atoms with E-state index in [1.54, 1.807) is 31.4 Å². The summed E-state index contributed by atoms with van der Waals surface area (Å²) < 4.78 is 23.6. The number of methoxy groups -OCH3 is 1. The van der Waals surface area contributed by atoms with Crippen molar-refractivity contribution in [3.8, 4) is 11.5 Å². The molecule has 1 amide bonds. The predicted octanol–water partition coefficient (Wildman–Crippen LogP) is 3.30. The molecule has 0 fully saturated rings. The van der Waals surface area contributed by atoms with Crippen molar-refractivity contribution in [3.63, 3.8) is 0 Å². The van der Waals surface area contributed by atoms with Crippen LogP contribution in [-0.2, 0) is 11.2 Å². The number of nitrogens with one attached hydrogen (secondary N) is 2. The lowest BCUT2D eigenvalue weighted by molar-refractivity contribution is -0.115. The Kier molecular flexibility index (Phi) is 6.94. The summed E-state index contributed by atoms with van der Waals surface area (Å²) in [5.41, 5.74) is 0.715. The highest BCUT2D eigenvalue weighted by atomic mass is 19.1. The Labute approximate surface area is 167 Å². The smallest absolute Gasteiger partial charge is 0.229 e. The van der Waals surface area contributed by atoms with Crippen molar-refractivity contribution in [1.29, 1.82) is 0 Å². The van der Waals surface area contributed by atoms with E-state index in [2.05, 4.69) is 20.8 Å². The van der Waals surface area contributed by atoms with Gasteiger partial charge in [0.05, 0.1) is 20.1 Å². The number of carbonyl (C=O) groups excluding carboxylic acids is 1. The fraction of sp³-hybridized carbons (Fsp3) is 0.190. The van der Waals surface area contributed by atoms with Gasteiger partial charge in [-0.2, -0.15) is 0 Å². The summed E-state index contributed by atoms with van der Waals surface area (Å²) >= 11 is 0. The number of amides is 1. The Morgan fingerprint density at radius 2 is 1.59 bits per heavy atom. The van der Waals surface area contributed by atoms with Gasteiger partial charge in [0.2, 0.25) is 5.91 Å². The van der Waals surface area contributed by atoms with Crippen LogP contribution in [0.3, 0.4) is 0 Å². The van der Waals surface area contributed by atoms with Gasteiger partial charge < -0.3 is 20.1 Å². The molecule has 0 spiro atoms. The monoisotopic (exact) mass is 396 g/mol. The number of halogens is 1. The van der Waals surface area contributed by atoms with Gasteiger partial charge in [-0.3, -0.25) is 4.79 Å². The number of nitrogens with zero attached hydrogens (tertiary/aromatic N) is 2. The molecule has 0 unspecified atom stereocenters. The molecule has 0 aliphatic rings. The summed E-state index contributed by atoms with van der Waals surface area (Å²) in [6, 6.07) is 16.5. The van der Waals surface area contributed by atoms with Gasteiger partial charge in [-0.15, -0.1) is 10.2 Å². The lowest BCUT2D eigenvalue weighted by Gasteiger charge is -2.09. The predicted molar refractivity (Wildman–Crippen MR) is 108 cm³/mol. The van der Waals surface area contributed by atoms with Crippen LogP contribution < -0.4 is 20.1 Å². The summed E-state index contributed by atoms with van der Waals surface area (Å²) in [6.07, 6.45) is 0.130. The van der Waals surface area contributed by atoms with Crippen molar-refractivity contribution in [2.24, 2.45) is 0 Å². The Morgan fingerprint density at radius 3 is 2.24 bits per heavy atom. The van der Waals surface area contributed by atoms with Crippen LogP contribution in [0.25, 0.3) is 0 Å². The lowest BCUT2D eigenvalue weighted by Crippen LogP contribution is -2.16. The van der Waals surface area contributed by atoms with Crippen molar-refractivity contribution in [2.45, 2.75) is 6.42 Å². The van der Waals surface area contributed by atoms with Gasteiger partial charge in [-0.25, -0.2) is 4.39 Å². The molecule has 0 saturated heterocycles. The Bertz CT molecular complexity index is 916. The molecule has 2 aromatic carbocycles. The molecule has 0 atom stereocenters. The number of hydrogen-bond donors (Lipinski definition) is 2. The molecule has 8 heteroatoms. The number of aromatic nitrogens is 2. The van der Waals surface area contributed by atoms with Crippen LogP contribution in [0.2, 0.25) is 0 Å². The van der Waals surface area contributed by atoms with Crippen LogP contribution in [0, 0.1) is 5.82 Å². The molecule has 150 valence electrons. The highest BCUT2D eigenvalue weighted by Crippen LogP contribution is 2.16. The van der Waals surface area contributed by atoms with Crippen molar-refractivity contribution in [3.05, 3.63) is 72.0 Å². The normalized spacial score (nSPS) is 10.3. The van der Waals surface area contributed by atoms with E-state index < -0.39 is 0 Å². The number of hydrogen-bond acceptors (Lipinski definition) is 6. The quantitative estimate of drug-likeness (QED) is 0.540. The van der Waals surface area contributed by atoms with Crippen molar-refractivity contribution in [2.75, 3.05) is 30.9 Å². The number of carbonyl (C=O) groups is 1. The first-order valence-corrected chi connectivity index (χ1v) is 9.01. The maximum absolute atomic E-state index is 12.9. The molecule has 0 aliphatic heterocycles. The molecule has 3 rings (SSSR count). The second-order valence-corrected chi connectivity index (χ2v) is 6.11. The highest BCUT2D eigenvalue weighted by molar-refractivity contribution is 5.91. The maximum Gasteiger partial charge on any atom is 0.229 e. The Morgan fingerprint density at radius 1 is 0.931 bits per heavy atom. The minimum absolute atomic E-state index is 0.130. The van der Waals surface area contributed by atoms with E-state index >= 15 is 0 Å². The number of anilines is 2. The molecule has 1 aromatic heterocycles. The number of rotatable bonds is 9. The lowest BCUT2D eigenvalue weighted by atomic mass is 10.1. The molecule has 0 aliphatic carbocycles. The van der Waals surface area contributed by atoms with E-state index in [9.17, 15) is 9.18 Å². The zero-order chi connectivity index (χ0) is 20.5. The topological polar surface area (TPSA) is 85.4 Å². The second kappa shape index (κ2) is 10.0. The SMILES string of the molecule is COc1ccc(OCCNc2ccc(NC(=O)Cc3ccc(F)cc3)nn2)cc1. The van der Waals surface area contributed by atoms with Crippen LogP contribution in [0.15, 0.2) is 60.7 Å². The highest BCUT2D eigenvalue weighted by Gasteiger charge is 2.06. The van der Waals surface area contributed by atoms with Gasteiger partial charge in [0.1, 0.15) is 29.7 Å². The molecule has 7 nitrogen and oxygen atoms in total. The van der Waals surface area contributed by atoms with Crippen LogP contribution in [0.4, 0.5) is 16.0 Å². The molecule has 0 radical (unpaired) electrons. The first-order chi connectivity index (χ1) is 14.1. The van der Waals surface area contributed by atoms with Crippen LogP contribution in [0.1, 0.15) is 5.56 Å². The van der Waals surface area contributed by atoms with Gasteiger partial charge in [-0.1, -0.05) is 12.1 Å². The molecule has 0 saturated carbocycles.